The first-order valence-corrected chi connectivity index (χ1v) is 29.3. The maximum atomic E-state index is 14.3. The first-order chi connectivity index (χ1) is 34.6. The minimum Gasteiger partial charge on any atom is -0.444 e. The third-order valence-corrected chi connectivity index (χ3v) is 19.9. The highest BCUT2D eigenvalue weighted by Crippen LogP contribution is 2.79. The average molecular weight is 1090 g/mol. The lowest BCUT2D eigenvalue weighted by atomic mass is 9.32. The number of carbonyl (C=O) groups is 2. The number of amides is 2. The number of benzene rings is 3. The smallest absolute Gasteiger partial charge is 0.444 e. The van der Waals surface area contributed by atoms with E-state index in [0.717, 1.165) is 61.6 Å². The third kappa shape index (κ3) is 11.3. The second-order valence-electron chi connectivity index (χ2n) is 23.5. The number of thioether (sulfide) groups is 1. The lowest BCUT2D eigenvalue weighted by Gasteiger charge is -2.72. The number of nitrogens with zero attached hydrogens (tertiary/aromatic N) is 4. The Morgan fingerprint density at radius 3 is 2.09 bits per heavy atom. The summed E-state index contributed by atoms with van der Waals surface area (Å²) in [5, 5.41) is 3.00. The van der Waals surface area contributed by atoms with Crippen LogP contribution >= 0.6 is 11.8 Å². The molecule has 13 nitrogen and oxygen atoms in total. The van der Waals surface area contributed by atoms with Crippen molar-refractivity contribution >= 4 is 55.0 Å². The van der Waals surface area contributed by atoms with E-state index < -0.39 is 70.2 Å². The van der Waals surface area contributed by atoms with E-state index in [9.17, 15) is 48.4 Å². The van der Waals surface area contributed by atoms with E-state index in [4.69, 9.17) is 4.74 Å². The van der Waals surface area contributed by atoms with Crippen molar-refractivity contribution in [2.45, 2.75) is 118 Å². The number of sulfone groups is 1. The summed E-state index contributed by atoms with van der Waals surface area (Å²) < 4.78 is 132. The van der Waals surface area contributed by atoms with Gasteiger partial charge in [0, 0.05) is 104 Å². The van der Waals surface area contributed by atoms with Gasteiger partial charge in [-0.1, -0.05) is 43.2 Å². The van der Waals surface area contributed by atoms with Crippen molar-refractivity contribution in [1.82, 2.24) is 19.4 Å². The lowest BCUT2D eigenvalue weighted by molar-refractivity contribution is -0.250. The van der Waals surface area contributed by atoms with Crippen LogP contribution in [0.1, 0.15) is 89.9 Å². The Balaban J connectivity index is 0.831. The minimum absolute atomic E-state index is 0.0381. The van der Waals surface area contributed by atoms with Crippen LogP contribution in [0.15, 0.2) is 98.6 Å². The maximum Gasteiger partial charge on any atom is 0.501 e. The quantitative estimate of drug-likeness (QED) is 0.0754. The zero-order chi connectivity index (χ0) is 53.3. The van der Waals surface area contributed by atoms with Crippen molar-refractivity contribution < 1.29 is 53.1 Å². The number of alkyl halides is 5. The van der Waals surface area contributed by atoms with Crippen LogP contribution in [0.3, 0.4) is 0 Å². The van der Waals surface area contributed by atoms with Gasteiger partial charge in [0.25, 0.3) is 25.8 Å². The maximum absolute atomic E-state index is 14.3. The minimum atomic E-state index is -6.12. The summed E-state index contributed by atoms with van der Waals surface area (Å²) in [6.07, 6.45) is 2.52. The number of likely N-dealkylation sites (tertiary alicyclic amines) is 2. The fourth-order valence-electron chi connectivity index (χ4n) is 12.1. The summed E-state index contributed by atoms with van der Waals surface area (Å²) in [4.78, 5) is 33.1. The number of sulfonamides is 1. The van der Waals surface area contributed by atoms with Gasteiger partial charge in [-0.2, -0.15) is 13.2 Å². The van der Waals surface area contributed by atoms with Crippen molar-refractivity contribution in [2.24, 2.45) is 21.7 Å². The number of hydrogen-bond acceptors (Lipinski definition) is 12. The van der Waals surface area contributed by atoms with Gasteiger partial charge >= 0.3 is 11.6 Å². The van der Waals surface area contributed by atoms with Gasteiger partial charge in [0.05, 0.1) is 10.6 Å². The molecule has 404 valence electrons. The van der Waals surface area contributed by atoms with Gasteiger partial charge in [-0.05, 0) is 131 Å². The number of ether oxygens (including phenoxy) is 1. The molecular formula is C53H67F5N6O7S3. The number of hydrogen-bond donors (Lipinski definition) is 2. The molecule has 21 heteroatoms. The van der Waals surface area contributed by atoms with Crippen molar-refractivity contribution in [3.05, 3.63) is 89.5 Å². The van der Waals surface area contributed by atoms with Crippen LogP contribution in [0.4, 0.5) is 38.1 Å². The van der Waals surface area contributed by atoms with E-state index in [-0.39, 0.29) is 27.9 Å². The van der Waals surface area contributed by atoms with E-state index in [0.29, 0.717) is 83.3 Å². The van der Waals surface area contributed by atoms with E-state index >= 15 is 0 Å². The molecule has 6 fully saturated rings. The van der Waals surface area contributed by atoms with Crippen LogP contribution in [-0.2, 0) is 24.6 Å². The molecule has 7 aliphatic rings. The second kappa shape index (κ2) is 19.8. The molecule has 10 rings (SSSR count). The highest BCUT2D eigenvalue weighted by Gasteiger charge is 2.73. The predicted molar refractivity (Wildman–Crippen MR) is 275 cm³/mol. The van der Waals surface area contributed by atoms with E-state index in [1.807, 2.05) is 35.1 Å². The summed E-state index contributed by atoms with van der Waals surface area (Å²) >= 11 is 1.42. The summed E-state index contributed by atoms with van der Waals surface area (Å²) in [6, 6.07) is 17.4. The van der Waals surface area contributed by atoms with Crippen molar-refractivity contribution in [1.29, 1.82) is 0 Å². The van der Waals surface area contributed by atoms with Crippen LogP contribution in [0.2, 0.25) is 0 Å². The molecular weight excluding hydrogens is 1020 g/mol. The highest BCUT2D eigenvalue weighted by molar-refractivity contribution is 7.99. The molecule has 2 amide bonds. The zero-order valence-electron chi connectivity index (χ0n) is 42.6. The van der Waals surface area contributed by atoms with Crippen molar-refractivity contribution in [2.75, 3.05) is 81.4 Å². The van der Waals surface area contributed by atoms with Gasteiger partial charge in [0.1, 0.15) is 10.5 Å². The Bertz CT molecular complexity index is 2840. The average Bonchev–Trinajstić information content (AvgIpc) is 3.26. The topological polar surface area (TPSA) is 149 Å². The van der Waals surface area contributed by atoms with Crippen molar-refractivity contribution in [3.63, 3.8) is 0 Å². The standard InChI is InChI=1S/C53H67F5N6O7S3/c1-48(2,3)71-47(66)64-34-50(35-64)32-62(33-50)20-18-38(28-72-40-9-7-6-8-10-40)59-43-16-15-41(25-44(43)73(67,68)53(56,57)58)74(69,70)60-45(65)36-11-13-39(14-12-36)63-23-21-61(22-24-63)27-37-17-19-49(4,5)26-42(37)51-29-52(30-51,31-51)46(54)55/h6-16,25,38,46,59H,17-24,26-35H2,1-5H3,(H,60,65)/t38-,51?,52?/m1/s1. The van der Waals surface area contributed by atoms with Gasteiger partial charge in [-0.25, -0.2) is 35.1 Å². The molecule has 3 saturated carbocycles. The third-order valence-electron chi connectivity index (χ3n) is 15.9. The predicted octanol–water partition coefficient (Wildman–Crippen LogP) is 9.68. The SMILES string of the molecule is CC1(C)CCC(CN2CCN(c3ccc(C(=O)NS(=O)(=O)c4ccc(N[C@H](CCN5CC6(C5)CN(C(=O)OC(C)(C)C)C6)CSc5ccccc5)c(S(=O)(=O)C(F)(F)F)c4)cc3)CC2)=C(C23CC(C(F)F)(C2)C3)C1. The molecule has 3 aliphatic heterocycles. The number of allylic oxidation sites excluding steroid dienone is 1. The Hall–Kier alpha value is -4.44. The largest absolute Gasteiger partial charge is 0.501 e. The van der Waals surface area contributed by atoms with Crippen LogP contribution in [0.25, 0.3) is 0 Å². The number of halogens is 5. The molecule has 4 aliphatic carbocycles. The molecule has 1 atom stereocenters. The number of rotatable bonds is 17. The number of carbonyl (C=O) groups excluding carboxylic acids is 2. The molecule has 0 unspecified atom stereocenters. The first kappa shape index (κ1) is 54.4. The molecule has 1 spiro atoms. The van der Waals surface area contributed by atoms with Crippen molar-refractivity contribution in [3.8, 4) is 0 Å². The summed E-state index contributed by atoms with van der Waals surface area (Å²) in [5.74, 6) is -0.739. The molecule has 3 saturated heterocycles. The Kier molecular flexibility index (Phi) is 14.6. The molecule has 0 radical (unpaired) electrons. The van der Waals surface area contributed by atoms with E-state index in [1.54, 1.807) is 37.8 Å². The molecule has 2 N–H and O–H groups in total. The fourth-order valence-corrected chi connectivity index (χ4v) is 15.1. The number of anilines is 2. The first-order valence-electron chi connectivity index (χ1n) is 25.3. The lowest BCUT2D eigenvalue weighted by Crippen LogP contribution is -2.73. The summed E-state index contributed by atoms with van der Waals surface area (Å²) in [6.45, 7) is 16.6. The summed E-state index contributed by atoms with van der Waals surface area (Å²) in [5.41, 5.74) is -4.02. The van der Waals surface area contributed by atoms with E-state index in [2.05, 4.69) is 33.9 Å². The van der Waals surface area contributed by atoms with Gasteiger partial charge in [0.2, 0.25) is 6.43 Å². The number of piperazine rings is 1. The van der Waals surface area contributed by atoms with Gasteiger partial charge in [0.15, 0.2) is 0 Å². The van der Waals surface area contributed by atoms with Gasteiger partial charge in [-0.15, -0.1) is 11.8 Å². The monoisotopic (exact) mass is 1090 g/mol. The van der Waals surface area contributed by atoms with Crippen LogP contribution < -0.4 is 14.9 Å². The molecule has 0 aromatic heterocycles. The Morgan fingerprint density at radius 1 is 0.838 bits per heavy atom. The molecule has 3 heterocycles. The normalized spacial score (nSPS) is 24.4. The van der Waals surface area contributed by atoms with Crippen LogP contribution in [-0.4, -0.2) is 138 Å². The molecule has 3 aromatic rings. The Morgan fingerprint density at radius 2 is 1.49 bits per heavy atom. The summed E-state index contributed by atoms with van der Waals surface area (Å²) in [7, 11) is -11.0. The molecule has 2 bridgehead atoms. The fraction of sp³-hybridized carbons (Fsp3) is 0.585. The van der Waals surface area contributed by atoms with Gasteiger partial charge < -0.3 is 24.8 Å². The van der Waals surface area contributed by atoms with E-state index in [1.165, 1.54) is 35.0 Å². The molecule has 3 aromatic carbocycles. The van der Waals surface area contributed by atoms with Gasteiger partial charge in [-0.3, -0.25) is 9.69 Å². The second-order valence-corrected chi connectivity index (χ2v) is 28.2. The van der Waals surface area contributed by atoms with Crippen LogP contribution in [0, 0.1) is 21.7 Å². The van der Waals surface area contributed by atoms with Crippen LogP contribution in [0.5, 0.6) is 0 Å². The highest BCUT2D eigenvalue weighted by atomic mass is 32.2. The number of nitrogens with one attached hydrogen (secondary N) is 2. The Labute approximate surface area is 436 Å². The molecule has 74 heavy (non-hydrogen) atoms. The zero-order valence-corrected chi connectivity index (χ0v) is 45.0.